The van der Waals surface area contributed by atoms with Crippen LogP contribution in [0.3, 0.4) is 0 Å². The SMILES string of the molecule is O=C(O)CP(=O)(O)O.O=C(O)CP(=O)(O)O.S. The van der Waals surface area contributed by atoms with Gasteiger partial charge in [0.15, 0.2) is 0 Å². The summed E-state index contributed by atoms with van der Waals surface area (Å²) in [5.41, 5.74) is 0. The highest BCUT2D eigenvalue weighted by atomic mass is 32.1. The van der Waals surface area contributed by atoms with Gasteiger partial charge in [-0.25, -0.2) is 0 Å². The van der Waals surface area contributed by atoms with Crippen LogP contribution in [0.5, 0.6) is 0 Å². The Bertz CT molecular complexity index is 306. The molecule has 6 N–H and O–H groups in total. The maximum atomic E-state index is 9.76. The highest BCUT2D eigenvalue weighted by molar-refractivity contribution is 7.59. The van der Waals surface area contributed by atoms with Crippen molar-refractivity contribution in [3.8, 4) is 0 Å². The van der Waals surface area contributed by atoms with Gasteiger partial charge in [0.05, 0.1) is 0 Å². The molecule has 0 saturated carbocycles. The maximum Gasteiger partial charge on any atom is 0.336 e. The molecule has 0 aliphatic rings. The van der Waals surface area contributed by atoms with Gasteiger partial charge in [-0.2, -0.15) is 13.5 Å². The summed E-state index contributed by atoms with van der Waals surface area (Å²) in [6.45, 7) is 0. The lowest BCUT2D eigenvalue weighted by Gasteiger charge is -1.95. The molecular formula is C4H12O10P2S. The van der Waals surface area contributed by atoms with E-state index in [0.717, 1.165) is 0 Å². The Morgan fingerprint density at radius 1 is 0.765 bits per heavy atom. The van der Waals surface area contributed by atoms with E-state index in [2.05, 4.69) is 0 Å². The van der Waals surface area contributed by atoms with E-state index < -0.39 is 39.5 Å². The lowest BCUT2D eigenvalue weighted by molar-refractivity contribution is -0.135. The molecule has 104 valence electrons. The molecule has 0 aliphatic heterocycles. The average molecular weight is 314 g/mol. The molecule has 0 saturated heterocycles. The van der Waals surface area contributed by atoms with E-state index in [1.807, 2.05) is 0 Å². The van der Waals surface area contributed by atoms with Crippen molar-refractivity contribution in [1.29, 1.82) is 0 Å². The van der Waals surface area contributed by atoms with Crippen molar-refractivity contribution < 1.29 is 48.5 Å². The van der Waals surface area contributed by atoms with Gasteiger partial charge in [0.25, 0.3) is 0 Å². The van der Waals surface area contributed by atoms with Crippen LogP contribution < -0.4 is 0 Å². The van der Waals surface area contributed by atoms with E-state index in [0.29, 0.717) is 0 Å². The van der Waals surface area contributed by atoms with Crippen LogP contribution in [-0.2, 0) is 18.7 Å². The minimum absolute atomic E-state index is 0. The van der Waals surface area contributed by atoms with Gasteiger partial charge in [0, 0.05) is 0 Å². The molecule has 0 bridgehead atoms. The quantitative estimate of drug-likeness (QED) is 0.337. The summed E-state index contributed by atoms with van der Waals surface area (Å²) in [6, 6.07) is 0. The number of carboxylic acids is 2. The largest absolute Gasteiger partial charge is 0.481 e. The van der Waals surface area contributed by atoms with Crippen LogP contribution in [-0.4, -0.2) is 54.0 Å². The van der Waals surface area contributed by atoms with Gasteiger partial charge >= 0.3 is 27.1 Å². The molecule has 17 heavy (non-hydrogen) atoms. The van der Waals surface area contributed by atoms with E-state index in [4.69, 9.17) is 29.8 Å². The second-order valence-electron chi connectivity index (χ2n) is 2.43. The number of rotatable bonds is 4. The highest BCUT2D eigenvalue weighted by Crippen LogP contribution is 2.33. The minimum Gasteiger partial charge on any atom is -0.481 e. The lowest BCUT2D eigenvalue weighted by Crippen LogP contribution is -2.01. The molecule has 0 aromatic heterocycles. The summed E-state index contributed by atoms with van der Waals surface area (Å²) in [5, 5.41) is 15.5. The number of carboxylic acid groups (broad SMARTS) is 2. The third kappa shape index (κ3) is 31.3. The molecule has 0 unspecified atom stereocenters. The number of hydrogen-bond donors (Lipinski definition) is 6. The second-order valence-corrected chi connectivity index (χ2v) is 5.72. The van der Waals surface area contributed by atoms with Crippen LogP contribution in [0.2, 0.25) is 0 Å². The smallest absolute Gasteiger partial charge is 0.336 e. The van der Waals surface area contributed by atoms with E-state index in [-0.39, 0.29) is 13.5 Å². The predicted octanol–water partition coefficient (Wildman–Crippen LogP) is -1.39. The molecule has 0 amide bonds. The Labute approximate surface area is 102 Å². The number of hydrogen-bond acceptors (Lipinski definition) is 4. The number of aliphatic carboxylic acids is 2. The van der Waals surface area contributed by atoms with Crippen LogP contribution in [0.15, 0.2) is 0 Å². The zero-order valence-corrected chi connectivity index (χ0v) is 10.9. The zero-order chi connectivity index (χ0) is 13.6. The van der Waals surface area contributed by atoms with Crippen molar-refractivity contribution in [2.24, 2.45) is 0 Å². The van der Waals surface area contributed by atoms with Crippen molar-refractivity contribution in [2.75, 3.05) is 12.3 Å². The standard InChI is InChI=1S/2C2H5O5P.H2S/c2*3-2(4)1-8(5,6)7;/h2*1H2,(H,3,4)(H2,5,6,7);1H2. The van der Waals surface area contributed by atoms with Gasteiger partial charge in [-0.05, 0) is 0 Å². The second kappa shape index (κ2) is 8.65. The first kappa shape index (κ1) is 21.8. The molecule has 0 aliphatic carbocycles. The predicted molar refractivity (Wildman–Crippen MR) is 59.5 cm³/mol. The Morgan fingerprint density at radius 3 is 0.941 bits per heavy atom. The van der Waals surface area contributed by atoms with E-state index >= 15 is 0 Å². The normalized spacial score (nSPS) is 10.6. The summed E-state index contributed by atoms with van der Waals surface area (Å²) in [4.78, 5) is 50.7. The number of carbonyl (C=O) groups is 2. The molecule has 0 heterocycles. The molecular weight excluding hydrogens is 302 g/mol. The van der Waals surface area contributed by atoms with Crippen molar-refractivity contribution in [2.45, 2.75) is 0 Å². The summed E-state index contributed by atoms with van der Waals surface area (Å²) in [5.74, 6) is -2.98. The van der Waals surface area contributed by atoms with Crippen molar-refractivity contribution >= 4 is 40.6 Å². The third-order valence-electron chi connectivity index (χ3n) is 0.682. The lowest BCUT2D eigenvalue weighted by atomic mass is 10.8. The van der Waals surface area contributed by atoms with Crippen LogP contribution in [0.25, 0.3) is 0 Å². The summed E-state index contributed by atoms with van der Waals surface area (Å²) in [7, 11) is -8.64. The fourth-order valence-electron chi connectivity index (χ4n) is 0.352. The van der Waals surface area contributed by atoms with Gasteiger partial charge in [-0.1, -0.05) is 0 Å². The fourth-order valence-corrected chi connectivity index (χ4v) is 1.06. The minimum atomic E-state index is -4.32. The van der Waals surface area contributed by atoms with Crippen molar-refractivity contribution in [1.82, 2.24) is 0 Å². The topological polar surface area (TPSA) is 190 Å². The van der Waals surface area contributed by atoms with Crippen LogP contribution in [0.1, 0.15) is 0 Å². The van der Waals surface area contributed by atoms with Gasteiger partial charge in [-0.15, -0.1) is 0 Å². The Hall–Kier alpha value is -0.410. The average Bonchev–Trinajstić information content (AvgIpc) is 1.72. The van der Waals surface area contributed by atoms with Gasteiger partial charge in [0.2, 0.25) is 0 Å². The molecule has 0 spiro atoms. The maximum absolute atomic E-state index is 9.76. The molecule has 0 aromatic rings. The Morgan fingerprint density at radius 2 is 0.941 bits per heavy atom. The first-order chi connectivity index (χ1) is 6.83. The summed E-state index contributed by atoms with van der Waals surface area (Å²) in [6.07, 6.45) is -2.18. The first-order valence-electron chi connectivity index (χ1n) is 3.36. The molecule has 13 heteroatoms. The van der Waals surface area contributed by atoms with Crippen molar-refractivity contribution in [3.05, 3.63) is 0 Å². The summed E-state index contributed by atoms with van der Waals surface area (Å²) < 4.78 is 19.5. The monoisotopic (exact) mass is 314 g/mol. The highest BCUT2D eigenvalue weighted by Gasteiger charge is 2.17. The van der Waals surface area contributed by atoms with E-state index in [1.165, 1.54) is 0 Å². The molecule has 0 radical (unpaired) electrons. The molecule has 0 fully saturated rings. The van der Waals surface area contributed by atoms with Gasteiger partial charge in [0.1, 0.15) is 12.3 Å². The van der Waals surface area contributed by atoms with Crippen LogP contribution >= 0.6 is 28.7 Å². The fraction of sp³-hybridized carbons (Fsp3) is 0.500. The molecule has 0 aromatic carbocycles. The van der Waals surface area contributed by atoms with Gasteiger partial charge in [-0.3, -0.25) is 18.7 Å². The summed E-state index contributed by atoms with van der Waals surface area (Å²) >= 11 is 0. The zero-order valence-electron chi connectivity index (χ0n) is 8.12. The Balaban J connectivity index is -0.000000218. The molecule has 0 rings (SSSR count). The van der Waals surface area contributed by atoms with Crippen LogP contribution in [0, 0.1) is 0 Å². The van der Waals surface area contributed by atoms with Crippen molar-refractivity contribution in [3.63, 3.8) is 0 Å². The van der Waals surface area contributed by atoms with Gasteiger partial charge < -0.3 is 29.8 Å². The van der Waals surface area contributed by atoms with E-state index in [1.54, 1.807) is 0 Å². The molecule has 10 nitrogen and oxygen atoms in total. The third-order valence-corrected chi connectivity index (χ3v) is 2.05. The first-order valence-corrected chi connectivity index (χ1v) is 6.96. The molecule has 0 atom stereocenters. The van der Waals surface area contributed by atoms with Crippen LogP contribution in [0.4, 0.5) is 0 Å². The Kier molecular flexibility index (Phi) is 11.1. The van der Waals surface area contributed by atoms with E-state index in [9.17, 15) is 18.7 Å².